The molecule has 0 aliphatic heterocycles. The summed E-state index contributed by atoms with van der Waals surface area (Å²) in [6, 6.07) is 0. The van der Waals surface area contributed by atoms with E-state index in [1.54, 1.807) is 0 Å². The van der Waals surface area contributed by atoms with Crippen LogP contribution in [0.2, 0.25) is 0 Å². The van der Waals surface area contributed by atoms with E-state index in [0.717, 1.165) is 18.3 Å². The van der Waals surface area contributed by atoms with Crippen LogP contribution in [0.3, 0.4) is 0 Å². The molecule has 0 N–H and O–H groups in total. The third kappa shape index (κ3) is 10.8. The first kappa shape index (κ1) is 20.5. The van der Waals surface area contributed by atoms with Crippen LogP contribution >= 0.6 is 0 Å². The molecule has 0 spiro atoms. The van der Waals surface area contributed by atoms with Crippen LogP contribution in [0.5, 0.6) is 0 Å². The van der Waals surface area contributed by atoms with Gasteiger partial charge in [-0.05, 0) is 31.1 Å². The van der Waals surface area contributed by atoms with Gasteiger partial charge >= 0.3 is 5.97 Å². The number of rotatable bonds is 12. The van der Waals surface area contributed by atoms with E-state index in [0.29, 0.717) is 12.3 Å². The topological polar surface area (TPSA) is 26.3 Å². The van der Waals surface area contributed by atoms with Crippen molar-refractivity contribution in [2.45, 2.75) is 99.0 Å². The van der Waals surface area contributed by atoms with E-state index in [9.17, 15) is 4.79 Å². The van der Waals surface area contributed by atoms with Crippen molar-refractivity contribution in [1.82, 2.24) is 0 Å². The van der Waals surface area contributed by atoms with Crippen LogP contribution in [0, 0.1) is 17.8 Å². The van der Waals surface area contributed by atoms with E-state index in [1.807, 2.05) is 13.8 Å². The van der Waals surface area contributed by atoms with E-state index in [2.05, 4.69) is 27.7 Å². The molecule has 2 heteroatoms. The summed E-state index contributed by atoms with van der Waals surface area (Å²) in [5, 5.41) is 0. The van der Waals surface area contributed by atoms with Crippen molar-refractivity contribution >= 4 is 5.97 Å². The standard InChI is InChI=1S/C19H38O2/c1-7-15(3)11-9-12-16(4)13-10-14-17(5)18(6)21-19(20)8-2/h15-18H,7-14H2,1-6H3/t15-,16+,17-,18-/m1/s1. The lowest BCUT2D eigenvalue weighted by Gasteiger charge is -2.21. The molecule has 0 saturated heterocycles. The first-order valence-corrected chi connectivity index (χ1v) is 9.10. The summed E-state index contributed by atoms with van der Waals surface area (Å²) in [5.74, 6) is 2.10. The minimum Gasteiger partial charge on any atom is -0.462 e. The Kier molecular flexibility index (Phi) is 11.8. The van der Waals surface area contributed by atoms with Gasteiger partial charge in [-0.15, -0.1) is 0 Å². The Morgan fingerprint density at radius 1 is 0.857 bits per heavy atom. The molecular formula is C19H38O2. The molecule has 21 heavy (non-hydrogen) atoms. The zero-order valence-corrected chi connectivity index (χ0v) is 15.3. The molecule has 0 bridgehead atoms. The van der Waals surface area contributed by atoms with Crippen LogP contribution in [0.1, 0.15) is 92.9 Å². The fourth-order valence-electron chi connectivity index (χ4n) is 2.59. The summed E-state index contributed by atoms with van der Waals surface area (Å²) in [6.45, 7) is 13.1. The first-order valence-electron chi connectivity index (χ1n) is 9.10. The normalized spacial score (nSPS) is 17.0. The third-order valence-corrected chi connectivity index (χ3v) is 4.85. The van der Waals surface area contributed by atoms with Crippen LogP contribution in [0.4, 0.5) is 0 Å². The second-order valence-electron chi connectivity index (χ2n) is 7.01. The second kappa shape index (κ2) is 12.1. The van der Waals surface area contributed by atoms with Crippen molar-refractivity contribution in [1.29, 1.82) is 0 Å². The highest BCUT2D eigenvalue weighted by Crippen LogP contribution is 2.22. The minimum atomic E-state index is -0.0761. The quantitative estimate of drug-likeness (QED) is 0.414. The van der Waals surface area contributed by atoms with Crippen molar-refractivity contribution < 1.29 is 9.53 Å². The monoisotopic (exact) mass is 298 g/mol. The van der Waals surface area contributed by atoms with Gasteiger partial charge in [-0.2, -0.15) is 0 Å². The van der Waals surface area contributed by atoms with Gasteiger partial charge in [0.1, 0.15) is 6.10 Å². The molecular weight excluding hydrogens is 260 g/mol. The maximum atomic E-state index is 11.3. The van der Waals surface area contributed by atoms with Gasteiger partial charge < -0.3 is 4.74 Å². The van der Waals surface area contributed by atoms with E-state index in [4.69, 9.17) is 4.74 Å². The molecule has 0 aliphatic carbocycles. The predicted molar refractivity (Wildman–Crippen MR) is 91.3 cm³/mol. The van der Waals surface area contributed by atoms with Gasteiger partial charge in [-0.3, -0.25) is 4.79 Å². The van der Waals surface area contributed by atoms with Gasteiger partial charge in [0, 0.05) is 6.42 Å². The maximum absolute atomic E-state index is 11.3. The largest absolute Gasteiger partial charge is 0.462 e. The molecule has 0 aromatic carbocycles. The molecule has 126 valence electrons. The third-order valence-electron chi connectivity index (χ3n) is 4.85. The fourth-order valence-corrected chi connectivity index (χ4v) is 2.59. The highest BCUT2D eigenvalue weighted by Gasteiger charge is 2.16. The highest BCUT2D eigenvalue weighted by atomic mass is 16.5. The lowest BCUT2D eigenvalue weighted by molar-refractivity contribution is -0.150. The maximum Gasteiger partial charge on any atom is 0.305 e. The van der Waals surface area contributed by atoms with Crippen molar-refractivity contribution in [2.24, 2.45) is 17.8 Å². The first-order chi connectivity index (χ1) is 9.90. The molecule has 0 aliphatic rings. The smallest absolute Gasteiger partial charge is 0.305 e. The van der Waals surface area contributed by atoms with E-state index in [1.165, 1.54) is 38.5 Å². The van der Waals surface area contributed by atoms with Crippen LogP contribution < -0.4 is 0 Å². The highest BCUT2D eigenvalue weighted by molar-refractivity contribution is 5.69. The van der Waals surface area contributed by atoms with Crippen molar-refractivity contribution in [3.05, 3.63) is 0 Å². The van der Waals surface area contributed by atoms with Gasteiger partial charge in [-0.1, -0.05) is 73.1 Å². The Morgan fingerprint density at radius 2 is 1.38 bits per heavy atom. The fraction of sp³-hybridized carbons (Fsp3) is 0.947. The lowest BCUT2D eigenvalue weighted by atomic mass is 9.91. The number of hydrogen-bond donors (Lipinski definition) is 0. The summed E-state index contributed by atoms with van der Waals surface area (Å²) in [7, 11) is 0. The molecule has 0 heterocycles. The van der Waals surface area contributed by atoms with Crippen molar-refractivity contribution in [2.75, 3.05) is 0 Å². The molecule has 0 fully saturated rings. The molecule has 0 amide bonds. The summed E-state index contributed by atoms with van der Waals surface area (Å²) in [4.78, 5) is 11.3. The number of hydrogen-bond acceptors (Lipinski definition) is 2. The zero-order valence-electron chi connectivity index (χ0n) is 15.3. The Morgan fingerprint density at radius 3 is 1.90 bits per heavy atom. The number of ether oxygens (including phenoxy) is 1. The molecule has 0 rings (SSSR count). The van der Waals surface area contributed by atoms with E-state index >= 15 is 0 Å². The molecule has 0 aromatic rings. The van der Waals surface area contributed by atoms with Gasteiger partial charge in [-0.25, -0.2) is 0 Å². The molecule has 2 nitrogen and oxygen atoms in total. The SMILES string of the molecule is CCC(=O)O[C@H](C)[C@H](C)CCC[C@@H](C)CCC[C@H](C)CC. The Balaban J connectivity index is 3.69. The van der Waals surface area contributed by atoms with Crippen LogP contribution in [-0.4, -0.2) is 12.1 Å². The Labute approximate surface area is 133 Å². The number of carbonyl (C=O) groups is 1. The van der Waals surface area contributed by atoms with E-state index in [-0.39, 0.29) is 12.1 Å². The lowest BCUT2D eigenvalue weighted by Crippen LogP contribution is -2.21. The zero-order chi connectivity index (χ0) is 16.3. The van der Waals surface area contributed by atoms with Crippen LogP contribution in [0.15, 0.2) is 0 Å². The molecule has 0 saturated carbocycles. The van der Waals surface area contributed by atoms with Crippen LogP contribution in [-0.2, 0) is 9.53 Å². The Bertz CT molecular complexity index is 262. The average molecular weight is 299 g/mol. The molecule has 0 radical (unpaired) electrons. The van der Waals surface area contributed by atoms with E-state index < -0.39 is 0 Å². The van der Waals surface area contributed by atoms with Crippen molar-refractivity contribution in [3.63, 3.8) is 0 Å². The summed E-state index contributed by atoms with van der Waals surface area (Å²) in [5.41, 5.74) is 0. The second-order valence-corrected chi connectivity index (χ2v) is 7.01. The van der Waals surface area contributed by atoms with Gasteiger partial charge in [0.25, 0.3) is 0 Å². The number of carbonyl (C=O) groups excluding carboxylic acids is 1. The summed E-state index contributed by atoms with van der Waals surface area (Å²) >= 11 is 0. The van der Waals surface area contributed by atoms with Crippen molar-refractivity contribution in [3.8, 4) is 0 Å². The van der Waals surface area contributed by atoms with Crippen LogP contribution in [0.25, 0.3) is 0 Å². The summed E-state index contributed by atoms with van der Waals surface area (Å²) in [6.07, 6.45) is 9.66. The van der Waals surface area contributed by atoms with Gasteiger partial charge in [0.05, 0.1) is 0 Å². The number of esters is 1. The Hall–Kier alpha value is -0.530. The molecule has 4 atom stereocenters. The molecule has 0 unspecified atom stereocenters. The van der Waals surface area contributed by atoms with Gasteiger partial charge in [0.2, 0.25) is 0 Å². The molecule has 0 aromatic heterocycles. The van der Waals surface area contributed by atoms with Gasteiger partial charge in [0.15, 0.2) is 0 Å². The predicted octanol–water partition coefficient (Wildman–Crippen LogP) is 5.99. The minimum absolute atomic E-state index is 0.0539. The average Bonchev–Trinajstić information content (AvgIpc) is 2.46. The summed E-state index contributed by atoms with van der Waals surface area (Å²) < 4.78 is 5.38.